The molecule has 1 amide bonds. The average molecular weight is 256 g/mol. The van der Waals surface area contributed by atoms with E-state index in [0.29, 0.717) is 0 Å². The van der Waals surface area contributed by atoms with Crippen molar-refractivity contribution in [3.8, 4) is 11.8 Å². The van der Waals surface area contributed by atoms with E-state index in [-0.39, 0.29) is 12.1 Å². The SMILES string of the molecule is N#CCC(=O)Nc1ccc(S(=O)(=O)O)c(O)c1. The van der Waals surface area contributed by atoms with Gasteiger partial charge in [0.25, 0.3) is 10.1 Å². The Morgan fingerprint density at radius 2 is 2.12 bits per heavy atom. The van der Waals surface area contributed by atoms with Gasteiger partial charge in [0.05, 0.1) is 6.07 Å². The zero-order chi connectivity index (χ0) is 13.1. The minimum atomic E-state index is -4.50. The fourth-order valence-corrected chi connectivity index (χ4v) is 1.65. The second-order valence-corrected chi connectivity index (χ2v) is 4.43. The van der Waals surface area contributed by atoms with E-state index in [2.05, 4.69) is 5.32 Å². The number of carbonyl (C=O) groups excluding carboxylic acids is 1. The molecule has 0 atom stereocenters. The van der Waals surface area contributed by atoms with Crippen LogP contribution < -0.4 is 5.32 Å². The van der Waals surface area contributed by atoms with Crippen LogP contribution in [-0.2, 0) is 14.9 Å². The van der Waals surface area contributed by atoms with Crippen molar-refractivity contribution in [3.63, 3.8) is 0 Å². The molecule has 90 valence electrons. The topological polar surface area (TPSA) is 127 Å². The van der Waals surface area contributed by atoms with Gasteiger partial charge in [-0.3, -0.25) is 9.35 Å². The largest absolute Gasteiger partial charge is 0.506 e. The van der Waals surface area contributed by atoms with Gasteiger partial charge < -0.3 is 10.4 Å². The van der Waals surface area contributed by atoms with Crippen LogP contribution in [0.5, 0.6) is 5.75 Å². The van der Waals surface area contributed by atoms with Gasteiger partial charge in [-0.15, -0.1) is 0 Å². The van der Waals surface area contributed by atoms with Crippen LogP contribution in [-0.4, -0.2) is 24.0 Å². The Bertz CT molecular complexity index is 588. The fraction of sp³-hybridized carbons (Fsp3) is 0.111. The van der Waals surface area contributed by atoms with Gasteiger partial charge in [-0.25, -0.2) is 0 Å². The molecule has 0 spiro atoms. The highest BCUT2D eigenvalue weighted by Gasteiger charge is 2.15. The summed E-state index contributed by atoms with van der Waals surface area (Å²) in [6, 6.07) is 4.70. The number of hydrogen-bond donors (Lipinski definition) is 3. The number of rotatable bonds is 3. The van der Waals surface area contributed by atoms with Crippen LogP contribution in [0.2, 0.25) is 0 Å². The van der Waals surface area contributed by atoms with Gasteiger partial charge in [0, 0.05) is 11.8 Å². The lowest BCUT2D eigenvalue weighted by atomic mass is 10.3. The Kier molecular flexibility index (Phi) is 3.67. The van der Waals surface area contributed by atoms with Crippen LogP contribution in [0.15, 0.2) is 23.1 Å². The number of phenolic OH excluding ortho intramolecular Hbond substituents is 1. The third-order valence-electron chi connectivity index (χ3n) is 1.76. The van der Waals surface area contributed by atoms with E-state index in [1.165, 1.54) is 6.07 Å². The van der Waals surface area contributed by atoms with Crippen molar-refractivity contribution in [3.05, 3.63) is 18.2 Å². The molecule has 17 heavy (non-hydrogen) atoms. The second-order valence-electron chi connectivity index (χ2n) is 3.04. The summed E-state index contributed by atoms with van der Waals surface area (Å²) in [5.41, 5.74) is 0.121. The highest BCUT2D eigenvalue weighted by atomic mass is 32.2. The van der Waals surface area contributed by atoms with Crippen molar-refractivity contribution in [2.75, 3.05) is 5.32 Å². The molecule has 0 radical (unpaired) electrons. The summed E-state index contributed by atoms with van der Waals surface area (Å²) in [5.74, 6) is -1.28. The fourth-order valence-electron chi connectivity index (χ4n) is 1.09. The number of phenols is 1. The summed E-state index contributed by atoms with van der Waals surface area (Å²) in [5, 5.41) is 19.8. The lowest BCUT2D eigenvalue weighted by Crippen LogP contribution is -2.10. The summed E-state index contributed by atoms with van der Waals surface area (Å²) in [4.78, 5) is 10.4. The third-order valence-corrected chi connectivity index (χ3v) is 2.66. The van der Waals surface area contributed by atoms with Crippen LogP contribution in [0.25, 0.3) is 0 Å². The van der Waals surface area contributed by atoms with E-state index in [9.17, 15) is 18.3 Å². The van der Waals surface area contributed by atoms with Crippen molar-refractivity contribution in [1.82, 2.24) is 0 Å². The summed E-state index contributed by atoms with van der Waals surface area (Å²) < 4.78 is 30.2. The van der Waals surface area contributed by atoms with Crippen molar-refractivity contribution in [1.29, 1.82) is 5.26 Å². The highest BCUT2D eigenvalue weighted by Crippen LogP contribution is 2.25. The van der Waals surface area contributed by atoms with Gasteiger partial charge in [-0.2, -0.15) is 13.7 Å². The van der Waals surface area contributed by atoms with Gasteiger partial charge in [-0.05, 0) is 12.1 Å². The average Bonchev–Trinajstić information content (AvgIpc) is 2.15. The lowest BCUT2D eigenvalue weighted by Gasteiger charge is -2.05. The predicted octanol–water partition coefficient (Wildman–Crippen LogP) is 0.491. The molecule has 0 aliphatic rings. The van der Waals surface area contributed by atoms with Crippen molar-refractivity contribution in [2.24, 2.45) is 0 Å². The first-order chi connectivity index (χ1) is 7.84. The van der Waals surface area contributed by atoms with Gasteiger partial charge in [-0.1, -0.05) is 0 Å². The third kappa shape index (κ3) is 3.44. The number of nitriles is 1. The Labute approximate surface area is 97.1 Å². The summed E-state index contributed by atoms with van der Waals surface area (Å²) in [6.07, 6.45) is -0.360. The molecule has 3 N–H and O–H groups in total. The standard InChI is InChI=1S/C9H8N2O5S/c10-4-3-9(13)11-6-1-2-8(7(12)5-6)17(14,15)16/h1-2,5,12H,3H2,(H,11,13)(H,14,15,16). The second kappa shape index (κ2) is 4.82. The Hall–Kier alpha value is -2.11. The molecule has 1 aromatic rings. The Morgan fingerprint density at radius 3 is 2.59 bits per heavy atom. The first kappa shape index (κ1) is 13.0. The molecular weight excluding hydrogens is 248 g/mol. The molecule has 0 heterocycles. The van der Waals surface area contributed by atoms with E-state index in [4.69, 9.17) is 9.81 Å². The minimum Gasteiger partial charge on any atom is -0.506 e. The number of nitrogens with one attached hydrogen (secondary N) is 1. The maximum atomic E-state index is 11.0. The molecule has 0 saturated carbocycles. The monoisotopic (exact) mass is 256 g/mol. The van der Waals surface area contributed by atoms with Crippen molar-refractivity contribution in [2.45, 2.75) is 11.3 Å². The number of benzene rings is 1. The smallest absolute Gasteiger partial charge is 0.298 e. The van der Waals surface area contributed by atoms with Crippen LogP contribution in [0, 0.1) is 11.3 Å². The maximum absolute atomic E-state index is 11.0. The van der Waals surface area contributed by atoms with Gasteiger partial charge in [0.15, 0.2) is 0 Å². The van der Waals surface area contributed by atoms with Crippen LogP contribution in [0.1, 0.15) is 6.42 Å². The molecular formula is C9H8N2O5S. The quantitative estimate of drug-likeness (QED) is 0.675. The minimum absolute atomic E-state index is 0.121. The number of aromatic hydroxyl groups is 1. The lowest BCUT2D eigenvalue weighted by molar-refractivity contribution is -0.115. The van der Waals surface area contributed by atoms with Crippen LogP contribution in [0.3, 0.4) is 0 Å². The number of nitrogens with zero attached hydrogens (tertiary/aromatic N) is 1. The van der Waals surface area contributed by atoms with Crippen molar-refractivity contribution >= 4 is 21.7 Å². The predicted molar refractivity (Wildman–Crippen MR) is 56.8 cm³/mol. The molecule has 0 saturated heterocycles. The number of carbonyl (C=O) groups is 1. The van der Waals surface area contributed by atoms with Gasteiger partial charge in [0.2, 0.25) is 5.91 Å². The molecule has 7 nitrogen and oxygen atoms in total. The molecule has 0 fully saturated rings. The zero-order valence-corrected chi connectivity index (χ0v) is 9.23. The first-order valence-electron chi connectivity index (χ1n) is 4.32. The molecule has 0 aliphatic heterocycles. The zero-order valence-electron chi connectivity index (χ0n) is 8.41. The van der Waals surface area contributed by atoms with E-state index in [0.717, 1.165) is 12.1 Å². The van der Waals surface area contributed by atoms with Crippen LogP contribution in [0.4, 0.5) is 5.69 Å². The first-order valence-corrected chi connectivity index (χ1v) is 5.76. The van der Waals surface area contributed by atoms with Gasteiger partial charge >= 0.3 is 0 Å². The van der Waals surface area contributed by atoms with Crippen molar-refractivity contribution < 1.29 is 22.9 Å². The van der Waals surface area contributed by atoms with Gasteiger partial charge in [0.1, 0.15) is 17.1 Å². The summed E-state index contributed by atoms with van der Waals surface area (Å²) >= 11 is 0. The summed E-state index contributed by atoms with van der Waals surface area (Å²) in [6.45, 7) is 0. The molecule has 1 aromatic carbocycles. The maximum Gasteiger partial charge on any atom is 0.298 e. The number of anilines is 1. The number of amides is 1. The highest BCUT2D eigenvalue weighted by molar-refractivity contribution is 7.86. The van der Waals surface area contributed by atoms with E-state index < -0.39 is 26.7 Å². The number of hydrogen-bond acceptors (Lipinski definition) is 5. The van der Waals surface area contributed by atoms with Crippen LogP contribution >= 0.6 is 0 Å². The normalized spacial score (nSPS) is 10.6. The summed E-state index contributed by atoms with van der Waals surface area (Å²) in [7, 11) is -4.50. The molecule has 0 unspecified atom stereocenters. The van der Waals surface area contributed by atoms with E-state index in [1.54, 1.807) is 6.07 Å². The Balaban J connectivity index is 2.99. The molecule has 0 aromatic heterocycles. The molecule has 1 rings (SSSR count). The van der Waals surface area contributed by atoms with E-state index in [1.807, 2.05) is 0 Å². The van der Waals surface area contributed by atoms with E-state index >= 15 is 0 Å². The molecule has 0 bridgehead atoms. The molecule has 8 heteroatoms. The Morgan fingerprint density at radius 1 is 1.47 bits per heavy atom. The molecule has 0 aliphatic carbocycles.